The molecule has 21 heavy (non-hydrogen) atoms. The number of ether oxygens (including phenoxy) is 1. The lowest BCUT2D eigenvalue weighted by Crippen LogP contribution is -2.39. The Labute approximate surface area is 126 Å². The maximum absolute atomic E-state index is 12.7. The van der Waals surface area contributed by atoms with Crippen LogP contribution >= 0.6 is 0 Å². The van der Waals surface area contributed by atoms with Crippen LogP contribution in [0.25, 0.3) is 0 Å². The maximum atomic E-state index is 12.7. The van der Waals surface area contributed by atoms with E-state index in [4.69, 9.17) is 9.84 Å². The molecule has 0 bridgehead atoms. The summed E-state index contributed by atoms with van der Waals surface area (Å²) in [5.74, 6) is 5.41. The van der Waals surface area contributed by atoms with Gasteiger partial charge in [-0.25, -0.2) is 0 Å². The molecule has 4 heteroatoms. The second-order valence-corrected chi connectivity index (χ2v) is 5.07. The fourth-order valence-corrected chi connectivity index (χ4v) is 2.01. The third-order valence-electron chi connectivity index (χ3n) is 3.20. The molecule has 1 amide bonds. The van der Waals surface area contributed by atoms with Crippen molar-refractivity contribution in [1.82, 2.24) is 4.90 Å². The van der Waals surface area contributed by atoms with E-state index in [0.717, 1.165) is 11.1 Å². The summed E-state index contributed by atoms with van der Waals surface area (Å²) in [4.78, 5) is 14.5. The quantitative estimate of drug-likeness (QED) is 0.841. The van der Waals surface area contributed by atoms with Gasteiger partial charge < -0.3 is 14.7 Å². The second-order valence-electron chi connectivity index (χ2n) is 5.07. The van der Waals surface area contributed by atoms with Crippen molar-refractivity contribution in [3.05, 3.63) is 34.9 Å². The Morgan fingerprint density at radius 1 is 1.43 bits per heavy atom. The summed E-state index contributed by atoms with van der Waals surface area (Å²) in [6.45, 7) is 6.75. The lowest BCUT2D eigenvalue weighted by Gasteiger charge is -2.27. The number of carbonyl (C=O) groups is 1. The number of amides is 1. The predicted octanol–water partition coefficient (Wildman–Crippen LogP) is 1.84. The van der Waals surface area contributed by atoms with Gasteiger partial charge in [-0.3, -0.25) is 4.79 Å². The number of carbonyl (C=O) groups excluding carboxylic acids is 1. The zero-order valence-electron chi connectivity index (χ0n) is 13.1. The number of aliphatic hydroxyl groups is 1. The van der Waals surface area contributed by atoms with E-state index >= 15 is 0 Å². The molecule has 0 aliphatic carbocycles. The van der Waals surface area contributed by atoms with E-state index < -0.39 is 0 Å². The first-order valence-electron chi connectivity index (χ1n) is 7.01. The molecule has 0 unspecified atom stereocenters. The van der Waals surface area contributed by atoms with Gasteiger partial charge in [-0.15, -0.1) is 0 Å². The number of benzene rings is 1. The van der Waals surface area contributed by atoms with Crippen LogP contribution in [-0.4, -0.2) is 48.8 Å². The van der Waals surface area contributed by atoms with Crippen LogP contribution in [0.3, 0.4) is 0 Å². The number of nitrogens with zero attached hydrogens (tertiary/aromatic N) is 1. The standard InChI is InChI=1S/C17H23NO3/c1-13(2)18(9-11-21-4)17(20)16-12-15(6-5-10-19)8-7-14(16)3/h7-8,12-13,19H,9-11H2,1-4H3. The number of aliphatic hydroxyl groups excluding tert-OH is 1. The SMILES string of the molecule is COCCN(C(=O)c1cc(C#CCO)ccc1C)C(C)C. The van der Waals surface area contributed by atoms with E-state index in [9.17, 15) is 4.79 Å². The van der Waals surface area contributed by atoms with E-state index in [1.807, 2.05) is 32.9 Å². The van der Waals surface area contributed by atoms with Crippen molar-refractivity contribution in [2.45, 2.75) is 26.8 Å². The highest BCUT2D eigenvalue weighted by molar-refractivity contribution is 5.96. The van der Waals surface area contributed by atoms with Crippen molar-refractivity contribution in [3.8, 4) is 11.8 Å². The van der Waals surface area contributed by atoms with Gasteiger partial charge >= 0.3 is 0 Å². The first kappa shape index (κ1) is 17.2. The summed E-state index contributed by atoms with van der Waals surface area (Å²) in [7, 11) is 1.62. The number of aryl methyl sites for hydroxylation is 1. The third-order valence-corrected chi connectivity index (χ3v) is 3.20. The average molecular weight is 289 g/mol. The van der Waals surface area contributed by atoms with Crippen molar-refractivity contribution < 1.29 is 14.6 Å². The molecule has 0 spiro atoms. The van der Waals surface area contributed by atoms with E-state index in [0.29, 0.717) is 18.7 Å². The van der Waals surface area contributed by atoms with E-state index in [1.54, 1.807) is 18.1 Å². The van der Waals surface area contributed by atoms with Gasteiger partial charge in [0.15, 0.2) is 0 Å². The van der Waals surface area contributed by atoms with Crippen LogP contribution in [0, 0.1) is 18.8 Å². The number of hydrogen-bond donors (Lipinski definition) is 1. The summed E-state index contributed by atoms with van der Waals surface area (Å²) in [5, 5.41) is 8.76. The Bertz CT molecular complexity index is 541. The Hall–Kier alpha value is -1.83. The monoisotopic (exact) mass is 289 g/mol. The fourth-order valence-electron chi connectivity index (χ4n) is 2.01. The van der Waals surface area contributed by atoms with Crippen LogP contribution < -0.4 is 0 Å². The van der Waals surface area contributed by atoms with Crippen LogP contribution in [0.2, 0.25) is 0 Å². The van der Waals surface area contributed by atoms with Gasteiger partial charge in [0.2, 0.25) is 0 Å². The molecule has 114 valence electrons. The number of rotatable bonds is 5. The Morgan fingerprint density at radius 3 is 2.71 bits per heavy atom. The van der Waals surface area contributed by atoms with E-state index in [-0.39, 0.29) is 18.6 Å². The highest BCUT2D eigenvalue weighted by Crippen LogP contribution is 2.15. The molecule has 1 N–H and O–H groups in total. The highest BCUT2D eigenvalue weighted by Gasteiger charge is 2.20. The minimum absolute atomic E-state index is 0.0211. The summed E-state index contributed by atoms with van der Waals surface area (Å²) >= 11 is 0. The summed E-state index contributed by atoms with van der Waals surface area (Å²) in [6, 6.07) is 5.61. The summed E-state index contributed by atoms with van der Waals surface area (Å²) in [6.07, 6.45) is 0. The first-order chi connectivity index (χ1) is 10.0. The molecule has 0 atom stereocenters. The van der Waals surface area contributed by atoms with Crippen LogP contribution in [0.4, 0.5) is 0 Å². The van der Waals surface area contributed by atoms with Gasteiger partial charge in [-0.05, 0) is 38.5 Å². The molecule has 0 heterocycles. The molecule has 1 aromatic rings. The van der Waals surface area contributed by atoms with Crippen molar-refractivity contribution in [2.75, 3.05) is 26.9 Å². The van der Waals surface area contributed by atoms with Gasteiger partial charge in [-0.2, -0.15) is 0 Å². The minimum atomic E-state index is -0.191. The molecule has 1 aromatic carbocycles. The van der Waals surface area contributed by atoms with Crippen molar-refractivity contribution >= 4 is 5.91 Å². The normalized spacial score (nSPS) is 10.2. The summed E-state index contributed by atoms with van der Waals surface area (Å²) < 4.78 is 5.07. The van der Waals surface area contributed by atoms with Crippen LogP contribution in [0.1, 0.15) is 35.3 Å². The molecule has 0 saturated heterocycles. The molecule has 1 rings (SSSR count). The highest BCUT2D eigenvalue weighted by atomic mass is 16.5. The second kappa shape index (κ2) is 8.46. The zero-order valence-corrected chi connectivity index (χ0v) is 13.1. The van der Waals surface area contributed by atoms with Gasteiger partial charge in [0, 0.05) is 30.8 Å². The summed E-state index contributed by atoms with van der Waals surface area (Å²) in [5.41, 5.74) is 2.29. The molecule has 0 aliphatic heterocycles. The van der Waals surface area contributed by atoms with Crippen LogP contribution in [0.5, 0.6) is 0 Å². The average Bonchev–Trinajstić information content (AvgIpc) is 2.46. The van der Waals surface area contributed by atoms with Gasteiger partial charge in [0.05, 0.1) is 6.61 Å². The molecular formula is C17H23NO3. The molecule has 0 radical (unpaired) electrons. The molecule has 0 aliphatic rings. The van der Waals surface area contributed by atoms with Crippen molar-refractivity contribution in [3.63, 3.8) is 0 Å². The topological polar surface area (TPSA) is 49.8 Å². The molecule has 0 aromatic heterocycles. The molecular weight excluding hydrogens is 266 g/mol. The zero-order chi connectivity index (χ0) is 15.8. The lowest BCUT2D eigenvalue weighted by atomic mass is 10.0. The fraction of sp³-hybridized carbons (Fsp3) is 0.471. The molecule has 0 saturated carbocycles. The van der Waals surface area contributed by atoms with Gasteiger partial charge in [0.25, 0.3) is 5.91 Å². The van der Waals surface area contributed by atoms with Crippen LogP contribution in [-0.2, 0) is 4.74 Å². The van der Waals surface area contributed by atoms with Gasteiger partial charge in [0.1, 0.15) is 6.61 Å². The maximum Gasteiger partial charge on any atom is 0.254 e. The Kier molecular flexibility index (Phi) is 6.93. The number of hydrogen-bond acceptors (Lipinski definition) is 3. The smallest absolute Gasteiger partial charge is 0.254 e. The lowest BCUT2D eigenvalue weighted by molar-refractivity contribution is 0.0634. The van der Waals surface area contributed by atoms with Gasteiger partial charge in [-0.1, -0.05) is 17.9 Å². The predicted molar refractivity (Wildman–Crippen MR) is 83.2 cm³/mol. The first-order valence-corrected chi connectivity index (χ1v) is 7.01. The Balaban J connectivity index is 3.08. The molecule has 0 fully saturated rings. The Morgan fingerprint density at radius 2 is 2.14 bits per heavy atom. The van der Waals surface area contributed by atoms with Crippen molar-refractivity contribution in [2.24, 2.45) is 0 Å². The van der Waals surface area contributed by atoms with E-state index in [1.165, 1.54) is 0 Å². The van der Waals surface area contributed by atoms with Crippen molar-refractivity contribution in [1.29, 1.82) is 0 Å². The minimum Gasteiger partial charge on any atom is -0.384 e. The van der Waals surface area contributed by atoms with E-state index in [2.05, 4.69) is 11.8 Å². The largest absolute Gasteiger partial charge is 0.384 e. The molecule has 4 nitrogen and oxygen atoms in total. The number of methoxy groups -OCH3 is 1. The third kappa shape index (κ3) is 4.89. The van der Waals surface area contributed by atoms with Crippen LogP contribution in [0.15, 0.2) is 18.2 Å².